The summed E-state index contributed by atoms with van der Waals surface area (Å²) < 4.78 is 1.82. The molecular formula is C10H18ClN3. The fourth-order valence-electron chi connectivity index (χ4n) is 1.19. The third-order valence-corrected chi connectivity index (χ3v) is 2.78. The summed E-state index contributed by atoms with van der Waals surface area (Å²) in [5.41, 5.74) is 1.27. The third-order valence-electron chi connectivity index (χ3n) is 2.11. The Morgan fingerprint density at radius 2 is 2.29 bits per heavy atom. The second kappa shape index (κ2) is 4.80. The zero-order valence-electron chi connectivity index (χ0n) is 9.05. The lowest BCUT2D eigenvalue weighted by Crippen LogP contribution is -2.41. The van der Waals surface area contributed by atoms with Gasteiger partial charge in [-0.1, -0.05) is 0 Å². The average Bonchev–Trinajstić information content (AvgIpc) is 2.51. The number of nitrogens with zero attached hydrogens (tertiary/aromatic N) is 2. The van der Waals surface area contributed by atoms with E-state index >= 15 is 0 Å². The van der Waals surface area contributed by atoms with E-state index in [-0.39, 0.29) is 5.54 Å². The van der Waals surface area contributed by atoms with Gasteiger partial charge in [-0.3, -0.25) is 4.68 Å². The van der Waals surface area contributed by atoms with Gasteiger partial charge in [-0.2, -0.15) is 5.10 Å². The van der Waals surface area contributed by atoms with Crippen molar-refractivity contribution in [3.63, 3.8) is 0 Å². The van der Waals surface area contributed by atoms with Crippen LogP contribution in [0.4, 0.5) is 0 Å². The van der Waals surface area contributed by atoms with Gasteiger partial charge in [0.2, 0.25) is 0 Å². The minimum atomic E-state index is 0.0176. The number of nitrogens with one attached hydrogen (secondary N) is 1. The maximum absolute atomic E-state index is 5.80. The van der Waals surface area contributed by atoms with Gasteiger partial charge in [-0.25, -0.2) is 0 Å². The van der Waals surface area contributed by atoms with E-state index in [0.717, 1.165) is 13.0 Å². The lowest BCUT2D eigenvalue weighted by molar-refractivity contribution is 0.435. The van der Waals surface area contributed by atoms with Gasteiger partial charge in [0.15, 0.2) is 0 Å². The van der Waals surface area contributed by atoms with Crippen molar-refractivity contribution in [2.45, 2.75) is 25.8 Å². The highest BCUT2D eigenvalue weighted by atomic mass is 35.5. The molecule has 0 aromatic carbocycles. The van der Waals surface area contributed by atoms with Gasteiger partial charge >= 0.3 is 0 Å². The zero-order valence-corrected chi connectivity index (χ0v) is 9.80. The monoisotopic (exact) mass is 215 g/mol. The number of aryl methyl sites for hydroxylation is 1. The summed E-state index contributed by atoms with van der Waals surface area (Å²) in [5.74, 6) is 0.625. The summed E-state index contributed by atoms with van der Waals surface area (Å²) in [6.07, 6.45) is 4.93. The van der Waals surface area contributed by atoms with Gasteiger partial charge in [0.05, 0.1) is 6.20 Å². The quantitative estimate of drug-likeness (QED) is 0.756. The van der Waals surface area contributed by atoms with Crippen molar-refractivity contribution in [3.8, 4) is 0 Å². The molecule has 0 atom stereocenters. The molecule has 0 radical (unpaired) electrons. The highest BCUT2D eigenvalue weighted by Crippen LogP contribution is 2.04. The lowest BCUT2D eigenvalue weighted by atomic mass is 10.1. The predicted molar refractivity (Wildman–Crippen MR) is 59.7 cm³/mol. The molecule has 0 spiro atoms. The second-order valence-electron chi connectivity index (χ2n) is 4.22. The first kappa shape index (κ1) is 11.5. The van der Waals surface area contributed by atoms with Crippen molar-refractivity contribution in [2.24, 2.45) is 7.05 Å². The molecule has 80 valence electrons. The Bertz CT molecular complexity index is 281. The number of hydrogen-bond acceptors (Lipinski definition) is 2. The fourth-order valence-corrected chi connectivity index (χ4v) is 1.29. The molecule has 0 saturated carbocycles. The van der Waals surface area contributed by atoms with E-state index in [4.69, 9.17) is 11.6 Å². The lowest BCUT2D eigenvalue weighted by Gasteiger charge is -2.23. The Hall–Kier alpha value is -0.540. The summed E-state index contributed by atoms with van der Waals surface area (Å²) in [4.78, 5) is 0. The molecule has 1 heterocycles. The van der Waals surface area contributed by atoms with E-state index < -0.39 is 0 Å². The van der Waals surface area contributed by atoms with Crippen molar-refractivity contribution in [3.05, 3.63) is 18.0 Å². The second-order valence-corrected chi connectivity index (χ2v) is 4.48. The molecule has 3 nitrogen and oxygen atoms in total. The molecule has 4 heteroatoms. The Kier molecular flexibility index (Phi) is 3.96. The van der Waals surface area contributed by atoms with Crippen LogP contribution in [0.25, 0.3) is 0 Å². The average molecular weight is 216 g/mol. The Labute approximate surface area is 90.4 Å². The SMILES string of the molecule is Cn1cc(CCNC(C)(C)CCl)cn1. The van der Waals surface area contributed by atoms with Gasteiger partial charge < -0.3 is 5.32 Å². The van der Waals surface area contributed by atoms with E-state index in [1.54, 1.807) is 0 Å². The Balaban J connectivity index is 2.28. The molecule has 0 saturated heterocycles. The van der Waals surface area contributed by atoms with E-state index in [9.17, 15) is 0 Å². The predicted octanol–water partition coefficient (Wildman–Crippen LogP) is 1.57. The van der Waals surface area contributed by atoms with E-state index in [1.807, 2.05) is 24.1 Å². The molecule has 1 N–H and O–H groups in total. The number of hydrogen-bond donors (Lipinski definition) is 1. The van der Waals surface area contributed by atoms with Crippen LogP contribution in [0.3, 0.4) is 0 Å². The van der Waals surface area contributed by atoms with Crippen LogP contribution in [0.15, 0.2) is 12.4 Å². The number of rotatable bonds is 5. The molecule has 0 aliphatic carbocycles. The standard InChI is InChI=1S/C10H18ClN3/c1-10(2,8-11)12-5-4-9-6-13-14(3)7-9/h6-7,12H,4-5,8H2,1-3H3. The molecular weight excluding hydrogens is 198 g/mol. The minimum absolute atomic E-state index is 0.0176. The fraction of sp³-hybridized carbons (Fsp3) is 0.700. The highest BCUT2D eigenvalue weighted by molar-refractivity contribution is 6.18. The smallest absolute Gasteiger partial charge is 0.0522 e. The first-order valence-corrected chi connectivity index (χ1v) is 5.35. The normalized spacial score (nSPS) is 12.0. The molecule has 0 amide bonds. The molecule has 1 aromatic heterocycles. The number of alkyl halides is 1. The minimum Gasteiger partial charge on any atom is -0.310 e. The summed E-state index contributed by atoms with van der Waals surface area (Å²) in [5, 5.41) is 7.51. The first-order chi connectivity index (χ1) is 6.53. The van der Waals surface area contributed by atoms with Gasteiger partial charge in [-0.15, -0.1) is 11.6 Å². The molecule has 0 aliphatic heterocycles. The van der Waals surface area contributed by atoms with Crippen LogP contribution in [0.2, 0.25) is 0 Å². The molecule has 0 fully saturated rings. The van der Waals surface area contributed by atoms with Crippen molar-refractivity contribution in [2.75, 3.05) is 12.4 Å². The van der Waals surface area contributed by atoms with Crippen molar-refractivity contribution < 1.29 is 0 Å². The largest absolute Gasteiger partial charge is 0.310 e. The van der Waals surface area contributed by atoms with Crippen LogP contribution < -0.4 is 5.32 Å². The van der Waals surface area contributed by atoms with Crippen LogP contribution >= 0.6 is 11.6 Å². The van der Waals surface area contributed by atoms with Crippen molar-refractivity contribution in [1.82, 2.24) is 15.1 Å². The van der Waals surface area contributed by atoms with Gasteiger partial charge in [-0.05, 0) is 32.4 Å². The maximum Gasteiger partial charge on any atom is 0.0522 e. The molecule has 0 bridgehead atoms. The summed E-state index contributed by atoms with van der Waals surface area (Å²) in [6.45, 7) is 5.14. The molecule has 1 rings (SSSR count). The molecule has 0 unspecified atom stereocenters. The topological polar surface area (TPSA) is 29.9 Å². The highest BCUT2D eigenvalue weighted by Gasteiger charge is 2.14. The van der Waals surface area contributed by atoms with Gasteiger partial charge in [0.25, 0.3) is 0 Å². The summed E-state index contributed by atoms with van der Waals surface area (Å²) >= 11 is 5.80. The van der Waals surface area contributed by atoms with E-state index in [0.29, 0.717) is 5.88 Å². The van der Waals surface area contributed by atoms with E-state index in [1.165, 1.54) is 5.56 Å². The van der Waals surface area contributed by atoms with Crippen LogP contribution in [0.1, 0.15) is 19.4 Å². The van der Waals surface area contributed by atoms with Crippen LogP contribution in [0.5, 0.6) is 0 Å². The number of halogens is 1. The Morgan fingerprint density at radius 3 is 2.79 bits per heavy atom. The molecule has 0 aliphatic rings. The van der Waals surface area contributed by atoms with Crippen LogP contribution in [-0.4, -0.2) is 27.7 Å². The summed E-state index contributed by atoms with van der Waals surface area (Å²) in [6, 6.07) is 0. The zero-order chi connectivity index (χ0) is 10.6. The van der Waals surface area contributed by atoms with Gasteiger partial charge in [0.1, 0.15) is 0 Å². The van der Waals surface area contributed by atoms with Crippen molar-refractivity contribution >= 4 is 11.6 Å². The third kappa shape index (κ3) is 3.68. The van der Waals surface area contributed by atoms with Crippen LogP contribution in [-0.2, 0) is 13.5 Å². The number of aromatic nitrogens is 2. The van der Waals surface area contributed by atoms with Crippen molar-refractivity contribution in [1.29, 1.82) is 0 Å². The maximum atomic E-state index is 5.80. The molecule has 14 heavy (non-hydrogen) atoms. The Morgan fingerprint density at radius 1 is 1.57 bits per heavy atom. The molecule has 1 aromatic rings. The summed E-state index contributed by atoms with van der Waals surface area (Å²) in [7, 11) is 1.93. The van der Waals surface area contributed by atoms with E-state index in [2.05, 4.69) is 24.3 Å². The first-order valence-electron chi connectivity index (χ1n) is 4.82. The van der Waals surface area contributed by atoms with Crippen LogP contribution in [0, 0.1) is 0 Å². The van der Waals surface area contributed by atoms with Gasteiger partial charge in [0, 0.05) is 24.7 Å².